The highest BCUT2D eigenvalue weighted by molar-refractivity contribution is 7.98. The fraction of sp³-hybridized carbons (Fsp3) is 0.654. The van der Waals surface area contributed by atoms with Crippen molar-refractivity contribution in [3.8, 4) is 0 Å². The highest BCUT2D eigenvalue weighted by Crippen LogP contribution is 2.29. The van der Waals surface area contributed by atoms with Crippen LogP contribution in [0.3, 0.4) is 0 Å². The minimum atomic E-state index is -0.743. The van der Waals surface area contributed by atoms with E-state index in [-0.39, 0.29) is 11.8 Å². The topological polar surface area (TPSA) is 84.9 Å². The van der Waals surface area contributed by atoms with E-state index in [1.54, 1.807) is 32.5 Å². The third kappa shape index (κ3) is 8.22. The standard InChI is InChI=1S/C26H40N2O5S/c1-17(2)20-10-8-18(9-11-20)14-19-15-22(28(16-19)25(31)33-26(3,4)5)23(29)27-21(12-13-34-7)24(30)32-6/h8-11,17,19,21-22H,12-16H2,1-7H3,(H,27,29)/t19-,21-,22-/m0/s1. The van der Waals surface area contributed by atoms with Crippen LogP contribution in [0.15, 0.2) is 24.3 Å². The summed E-state index contributed by atoms with van der Waals surface area (Å²) in [7, 11) is 1.31. The number of nitrogens with zero attached hydrogens (tertiary/aromatic N) is 1. The normalized spacial score (nSPS) is 19.1. The van der Waals surface area contributed by atoms with Gasteiger partial charge in [0.25, 0.3) is 0 Å². The molecule has 0 unspecified atom stereocenters. The van der Waals surface area contributed by atoms with Crippen molar-refractivity contribution in [1.82, 2.24) is 10.2 Å². The number of likely N-dealkylation sites (tertiary alicyclic amines) is 1. The Morgan fingerprint density at radius 3 is 2.35 bits per heavy atom. The third-order valence-electron chi connectivity index (χ3n) is 5.90. The monoisotopic (exact) mass is 492 g/mol. The number of ether oxygens (including phenoxy) is 2. The van der Waals surface area contributed by atoms with Crippen LogP contribution in [0.4, 0.5) is 4.79 Å². The second-order valence-electron chi connectivity index (χ2n) is 10.2. The molecule has 1 aliphatic rings. The number of rotatable bonds is 9. The van der Waals surface area contributed by atoms with E-state index in [4.69, 9.17) is 9.47 Å². The van der Waals surface area contributed by atoms with Crippen molar-refractivity contribution in [3.05, 3.63) is 35.4 Å². The molecule has 0 saturated carbocycles. The number of hydrogen-bond acceptors (Lipinski definition) is 6. The summed E-state index contributed by atoms with van der Waals surface area (Å²) in [4.78, 5) is 39.9. The van der Waals surface area contributed by atoms with Gasteiger partial charge in [0.15, 0.2) is 0 Å². The summed E-state index contributed by atoms with van der Waals surface area (Å²) in [6, 6.07) is 7.07. The fourth-order valence-corrected chi connectivity index (χ4v) is 4.58. The van der Waals surface area contributed by atoms with E-state index in [0.717, 1.165) is 6.42 Å². The maximum absolute atomic E-state index is 13.3. The quantitative estimate of drug-likeness (QED) is 0.515. The molecule has 1 heterocycles. The van der Waals surface area contributed by atoms with Gasteiger partial charge in [-0.1, -0.05) is 38.1 Å². The molecule has 0 aromatic heterocycles. The fourth-order valence-electron chi connectivity index (χ4n) is 4.11. The lowest BCUT2D eigenvalue weighted by Crippen LogP contribution is -2.52. The zero-order chi connectivity index (χ0) is 25.5. The largest absolute Gasteiger partial charge is 0.467 e. The molecular weight excluding hydrogens is 452 g/mol. The van der Waals surface area contributed by atoms with E-state index >= 15 is 0 Å². The molecule has 0 bridgehead atoms. The van der Waals surface area contributed by atoms with Crippen molar-refractivity contribution in [2.45, 2.75) is 77.5 Å². The van der Waals surface area contributed by atoms with Crippen molar-refractivity contribution in [3.63, 3.8) is 0 Å². The minimum absolute atomic E-state index is 0.107. The summed E-state index contributed by atoms with van der Waals surface area (Å²) < 4.78 is 10.5. The third-order valence-corrected chi connectivity index (χ3v) is 6.55. The predicted molar refractivity (Wildman–Crippen MR) is 136 cm³/mol. The molecule has 1 N–H and O–H groups in total. The number of esters is 1. The second kappa shape index (κ2) is 12.5. The first-order valence-electron chi connectivity index (χ1n) is 11.9. The zero-order valence-electron chi connectivity index (χ0n) is 21.6. The number of methoxy groups -OCH3 is 1. The highest BCUT2D eigenvalue weighted by Gasteiger charge is 2.42. The van der Waals surface area contributed by atoms with Crippen LogP contribution in [0.2, 0.25) is 0 Å². The van der Waals surface area contributed by atoms with Crippen molar-refractivity contribution >= 4 is 29.7 Å². The molecule has 0 spiro atoms. The van der Waals surface area contributed by atoms with Crippen molar-refractivity contribution in [2.24, 2.45) is 5.92 Å². The van der Waals surface area contributed by atoms with Gasteiger partial charge in [0.1, 0.15) is 17.7 Å². The van der Waals surface area contributed by atoms with Gasteiger partial charge in [-0.15, -0.1) is 0 Å². The van der Waals surface area contributed by atoms with Crippen LogP contribution in [-0.4, -0.2) is 66.2 Å². The number of carbonyl (C=O) groups is 3. The van der Waals surface area contributed by atoms with E-state index in [0.29, 0.717) is 31.1 Å². The second-order valence-corrected chi connectivity index (χ2v) is 11.2. The minimum Gasteiger partial charge on any atom is -0.467 e. The van der Waals surface area contributed by atoms with Crippen LogP contribution in [-0.2, 0) is 25.5 Å². The molecule has 2 amide bonds. The van der Waals surface area contributed by atoms with E-state index in [1.807, 2.05) is 6.26 Å². The van der Waals surface area contributed by atoms with Crippen molar-refractivity contribution in [2.75, 3.05) is 25.7 Å². The Morgan fingerprint density at radius 2 is 1.82 bits per heavy atom. The lowest BCUT2D eigenvalue weighted by Gasteiger charge is -2.28. The summed E-state index contributed by atoms with van der Waals surface area (Å²) in [6.07, 6.45) is 3.16. The molecule has 190 valence electrons. The number of thioether (sulfide) groups is 1. The SMILES string of the molecule is COC(=O)[C@H](CCSC)NC(=O)[C@@H]1C[C@H](Cc2ccc(C(C)C)cc2)CN1C(=O)OC(C)(C)C. The summed E-state index contributed by atoms with van der Waals surface area (Å²) in [5, 5.41) is 2.82. The van der Waals surface area contributed by atoms with E-state index in [2.05, 4.69) is 43.4 Å². The number of nitrogens with one attached hydrogen (secondary N) is 1. The Morgan fingerprint density at radius 1 is 1.18 bits per heavy atom. The first-order chi connectivity index (χ1) is 15.9. The molecule has 34 heavy (non-hydrogen) atoms. The van der Waals surface area contributed by atoms with Gasteiger partial charge in [-0.25, -0.2) is 9.59 Å². The Labute approximate surface area is 208 Å². The molecular formula is C26H40N2O5S. The smallest absolute Gasteiger partial charge is 0.410 e. The first kappa shape index (κ1) is 28.0. The summed E-state index contributed by atoms with van der Waals surface area (Å²) in [5.74, 6) is 0.447. The van der Waals surface area contributed by atoms with E-state index < -0.39 is 29.7 Å². The van der Waals surface area contributed by atoms with Crippen molar-refractivity contribution in [1.29, 1.82) is 0 Å². The van der Waals surface area contributed by atoms with Crippen LogP contribution in [0, 0.1) is 5.92 Å². The highest BCUT2D eigenvalue weighted by atomic mass is 32.2. The Kier molecular flexibility index (Phi) is 10.3. The Balaban J connectivity index is 2.18. The van der Waals surface area contributed by atoms with Gasteiger partial charge in [0, 0.05) is 6.54 Å². The average molecular weight is 493 g/mol. The van der Waals surface area contributed by atoms with Crippen LogP contribution in [0.25, 0.3) is 0 Å². The summed E-state index contributed by atoms with van der Waals surface area (Å²) >= 11 is 1.59. The van der Waals surface area contributed by atoms with Gasteiger partial charge < -0.3 is 14.8 Å². The summed E-state index contributed by atoms with van der Waals surface area (Å²) in [6.45, 7) is 10.2. The molecule has 1 aromatic carbocycles. The summed E-state index contributed by atoms with van der Waals surface area (Å²) in [5.41, 5.74) is 1.78. The molecule has 3 atom stereocenters. The molecule has 8 heteroatoms. The number of carbonyl (C=O) groups excluding carboxylic acids is 3. The lowest BCUT2D eigenvalue weighted by molar-refractivity contribution is -0.145. The van der Waals surface area contributed by atoms with Gasteiger partial charge in [-0.05, 0) is 75.0 Å². The molecule has 7 nitrogen and oxygen atoms in total. The van der Waals surface area contributed by atoms with E-state index in [1.165, 1.54) is 23.1 Å². The molecule has 0 aliphatic carbocycles. The first-order valence-corrected chi connectivity index (χ1v) is 13.3. The zero-order valence-corrected chi connectivity index (χ0v) is 22.4. The predicted octanol–water partition coefficient (Wildman–Crippen LogP) is 4.39. The molecule has 1 fully saturated rings. The molecule has 1 saturated heterocycles. The van der Waals surface area contributed by atoms with Crippen LogP contribution in [0.1, 0.15) is 64.5 Å². The van der Waals surface area contributed by atoms with Crippen molar-refractivity contribution < 1.29 is 23.9 Å². The molecule has 2 rings (SSSR count). The number of benzene rings is 1. The molecule has 0 radical (unpaired) electrons. The maximum atomic E-state index is 13.3. The van der Waals surface area contributed by atoms with Gasteiger partial charge in [-0.3, -0.25) is 9.69 Å². The molecule has 1 aromatic rings. The number of hydrogen-bond donors (Lipinski definition) is 1. The van der Waals surface area contributed by atoms with Gasteiger partial charge in [0.2, 0.25) is 5.91 Å². The maximum Gasteiger partial charge on any atom is 0.410 e. The van der Waals surface area contributed by atoms with E-state index in [9.17, 15) is 14.4 Å². The van der Waals surface area contributed by atoms with Crippen LogP contribution >= 0.6 is 11.8 Å². The Hall–Kier alpha value is -2.22. The lowest BCUT2D eigenvalue weighted by atomic mass is 9.94. The molecule has 1 aliphatic heterocycles. The van der Waals surface area contributed by atoms with Gasteiger partial charge >= 0.3 is 12.1 Å². The van der Waals surface area contributed by atoms with Gasteiger partial charge in [0.05, 0.1) is 7.11 Å². The average Bonchev–Trinajstić information content (AvgIpc) is 3.19. The Bertz CT molecular complexity index is 835. The number of amides is 2. The van der Waals surface area contributed by atoms with Gasteiger partial charge in [-0.2, -0.15) is 11.8 Å². The van der Waals surface area contributed by atoms with Crippen LogP contribution in [0.5, 0.6) is 0 Å². The van der Waals surface area contributed by atoms with Crippen LogP contribution < -0.4 is 5.32 Å².